The van der Waals surface area contributed by atoms with E-state index in [1.165, 1.54) is 4.90 Å². The maximum Gasteiger partial charge on any atom is 0.305 e. The zero-order valence-electron chi connectivity index (χ0n) is 16.0. The highest BCUT2D eigenvalue weighted by atomic mass is 16.5. The quantitative estimate of drug-likeness (QED) is 0.439. The molecule has 2 aromatic carbocycles. The number of amides is 1. The molecule has 1 heterocycles. The number of unbranched alkanes of at least 4 members (excludes halogenated alkanes) is 3. The molecule has 0 saturated carbocycles. The Morgan fingerprint density at radius 2 is 1.75 bits per heavy atom. The van der Waals surface area contributed by atoms with Crippen LogP contribution in [-0.2, 0) is 11.3 Å². The third-order valence-corrected chi connectivity index (χ3v) is 4.21. The van der Waals surface area contributed by atoms with Crippen molar-refractivity contribution in [2.24, 2.45) is 0 Å². The second kappa shape index (κ2) is 10.1. The van der Waals surface area contributed by atoms with Crippen molar-refractivity contribution in [3.8, 4) is 23.3 Å². The average molecular weight is 373 g/mol. The van der Waals surface area contributed by atoms with Gasteiger partial charge < -0.3 is 4.52 Å². The molecule has 1 aromatic heterocycles. The number of hydrogen-bond donors (Lipinski definition) is 0. The zero-order chi connectivity index (χ0) is 19.6. The lowest BCUT2D eigenvalue weighted by molar-refractivity contribution is -0.113. The van der Waals surface area contributed by atoms with E-state index < -0.39 is 0 Å². The Balaban J connectivity index is 1.82. The molecule has 3 rings (SSSR count). The number of nitrogens with zero attached hydrogens (tertiary/aromatic N) is 3. The SMILES string of the molecule is CCCCCC#CC(=O)N(Cc1ccccc1)c1noc(-c2ccccc2)n1. The molecular weight excluding hydrogens is 350 g/mol. The van der Waals surface area contributed by atoms with Gasteiger partial charge in [0.05, 0.1) is 6.54 Å². The van der Waals surface area contributed by atoms with Crippen molar-refractivity contribution >= 4 is 11.9 Å². The van der Waals surface area contributed by atoms with E-state index in [-0.39, 0.29) is 11.9 Å². The summed E-state index contributed by atoms with van der Waals surface area (Å²) in [5, 5.41) is 4.02. The fraction of sp³-hybridized carbons (Fsp3) is 0.261. The van der Waals surface area contributed by atoms with Gasteiger partial charge in [0.25, 0.3) is 11.8 Å². The molecule has 0 saturated heterocycles. The summed E-state index contributed by atoms with van der Waals surface area (Å²) in [7, 11) is 0. The third-order valence-electron chi connectivity index (χ3n) is 4.21. The van der Waals surface area contributed by atoms with Gasteiger partial charge in [-0.1, -0.05) is 74.2 Å². The van der Waals surface area contributed by atoms with E-state index in [0.717, 1.165) is 30.4 Å². The highest BCUT2D eigenvalue weighted by Gasteiger charge is 2.21. The molecule has 0 aliphatic carbocycles. The second-order valence-corrected chi connectivity index (χ2v) is 6.40. The smallest absolute Gasteiger partial charge is 0.305 e. The Morgan fingerprint density at radius 3 is 2.46 bits per heavy atom. The van der Waals surface area contributed by atoms with Crippen molar-refractivity contribution in [3.05, 3.63) is 66.2 Å². The Morgan fingerprint density at radius 1 is 1.04 bits per heavy atom. The minimum absolute atomic E-state index is 0.218. The van der Waals surface area contributed by atoms with Crippen molar-refractivity contribution in [1.29, 1.82) is 0 Å². The third kappa shape index (κ3) is 5.31. The Kier molecular flexibility index (Phi) is 6.97. The summed E-state index contributed by atoms with van der Waals surface area (Å²) in [6.45, 7) is 2.47. The predicted molar refractivity (Wildman–Crippen MR) is 109 cm³/mol. The first-order chi connectivity index (χ1) is 13.8. The van der Waals surface area contributed by atoms with Gasteiger partial charge in [-0.3, -0.25) is 9.69 Å². The van der Waals surface area contributed by atoms with E-state index in [0.29, 0.717) is 18.9 Å². The van der Waals surface area contributed by atoms with E-state index in [1.807, 2.05) is 60.7 Å². The van der Waals surface area contributed by atoms with Crippen LogP contribution in [-0.4, -0.2) is 16.0 Å². The predicted octanol–water partition coefficient (Wildman–Crippen LogP) is 4.85. The second-order valence-electron chi connectivity index (χ2n) is 6.40. The van der Waals surface area contributed by atoms with Crippen LogP contribution in [0.3, 0.4) is 0 Å². The van der Waals surface area contributed by atoms with Gasteiger partial charge in [-0.25, -0.2) is 0 Å². The minimum atomic E-state index is -0.333. The Bertz CT molecular complexity index is 940. The van der Waals surface area contributed by atoms with Gasteiger partial charge in [0.2, 0.25) is 0 Å². The largest absolute Gasteiger partial charge is 0.332 e. The molecule has 0 fully saturated rings. The number of carbonyl (C=O) groups excluding carboxylic acids is 1. The molecule has 5 heteroatoms. The maximum atomic E-state index is 12.8. The van der Waals surface area contributed by atoms with Crippen LogP contribution in [0.2, 0.25) is 0 Å². The molecule has 5 nitrogen and oxygen atoms in total. The molecule has 0 spiro atoms. The van der Waals surface area contributed by atoms with Gasteiger partial charge in [-0.2, -0.15) is 4.98 Å². The summed E-state index contributed by atoms with van der Waals surface area (Å²) >= 11 is 0. The first-order valence-electron chi connectivity index (χ1n) is 9.51. The summed E-state index contributed by atoms with van der Waals surface area (Å²) in [4.78, 5) is 18.6. The lowest BCUT2D eigenvalue weighted by atomic mass is 10.2. The highest BCUT2D eigenvalue weighted by Crippen LogP contribution is 2.21. The van der Waals surface area contributed by atoms with Crippen molar-refractivity contribution in [3.63, 3.8) is 0 Å². The highest BCUT2D eigenvalue weighted by molar-refractivity contribution is 6.04. The van der Waals surface area contributed by atoms with Crippen LogP contribution in [0.4, 0.5) is 5.95 Å². The molecule has 1 amide bonds. The van der Waals surface area contributed by atoms with Crippen molar-refractivity contribution in [2.75, 3.05) is 4.90 Å². The van der Waals surface area contributed by atoms with Crippen molar-refractivity contribution in [2.45, 2.75) is 39.2 Å². The maximum absolute atomic E-state index is 12.8. The fourth-order valence-corrected chi connectivity index (χ4v) is 2.69. The number of anilines is 1. The monoisotopic (exact) mass is 373 g/mol. The molecule has 0 aliphatic heterocycles. The van der Waals surface area contributed by atoms with Crippen molar-refractivity contribution in [1.82, 2.24) is 10.1 Å². The number of benzene rings is 2. The molecule has 0 N–H and O–H groups in total. The van der Waals surface area contributed by atoms with Crippen LogP contribution in [0.15, 0.2) is 65.2 Å². The van der Waals surface area contributed by atoms with E-state index in [2.05, 4.69) is 28.9 Å². The van der Waals surface area contributed by atoms with Crippen molar-refractivity contribution < 1.29 is 9.32 Å². The summed E-state index contributed by atoms with van der Waals surface area (Å²) in [6.07, 6.45) is 3.94. The molecule has 0 radical (unpaired) electrons. The lowest BCUT2D eigenvalue weighted by Crippen LogP contribution is -2.30. The zero-order valence-corrected chi connectivity index (χ0v) is 16.0. The van der Waals surface area contributed by atoms with Crippen LogP contribution in [0, 0.1) is 11.8 Å². The molecule has 28 heavy (non-hydrogen) atoms. The van der Waals surface area contributed by atoms with Gasteiger partial charge in [0.15, 0.2) is 0 Å². The van der Waals surface area contributed by atoms with Crippen LogP contribution in [0.1, 0.15) is 38.2 Å². The summed E-state index contributed by atoms with van der Waals surface area (Å²) < 4.78 is 5.37. The van der Waals surface area contributed by atoms with Gasteiger partial charge in [-0.15, -0.1) is 0 Å². The minimum Gasteiger partial charge on any atom is -0.332 e. The molecule has 0 unspecified atom stereocenters. The number of carbonyl (C=O) groups is 1. The Hall–Kier alpha value is -3.39. The molecule has 0 atom stereocenters. The van der Waals surface area contributed by atoms with E-state index >= 15 is 0 Å². The number of hydrogen-bond acceptors (Lipinski definition) is 4. The number of aromatic nitrogens is 2. The summed E-state index contributed by atoms with van der Waals surface area (Å²) in [6, 6.07) is 19.2. The molecule has 0 aliphatic rings. The van der Waals surface area contributed by atoms with E-state index in [9.17, 15) is 4.79 Å². The molecular formula is C23H23N3O2. The molecule has 3 aromatic rings. The van der Waals surface area contributed by atoms with Crippen LogP contribution in [0.25, 0.3) is 11.5 Å². The fourth-order valence-electron chi connectivity index (χ4n) is 2.69. The first kappa shape index (κ1) is 19.4. The summed E-state index contributed by atoms with van der Waals surface area (Å²) in [5.74, 6) is 5.95. The van der Waals surface area contributed by atoms with E-state index in [1.54, 1.807) is 0 Å². The molecule has 0 bridgehead atoms. The van der Waals surface area contributed by atoms with Gasteiger partial charge in [-0.05, 0) is 35.2 Å². The first-order valence-corrected chi connectivity index (χ1v) is 9.51. The van der Waals surface area contributed by atoms with Crippen LogP contribution >= 0.6 is 0 Å². The average Bonchev–Trinajstić information content (AvgIpc) is 3.23. The van der Waals surface area contributed by atoms with Crippen LogP contribution in [0.5, 0.6) is 0 Å². The normalized spacial score (nSPS) is 10.2. The standard InChI is InChI=1S/C23H23N3O2/c1-2-3-4-5-12-17-21(27)26(18-19-13-8-6-9-14-19)23-24-22(28-25-23)20-15-10-7-11-16-20/h6-11,13-16H,2-5,18H2,1H3. The van der Waals surface area contributed by atoms with E-state index in [4.69, 9.17) is 4.52 Å². The van der Waals surface area contributed by atoms with Gasteiger partial charge in [0.1, 0.15) is 0 Å². The summed E-state index contributed by atoms with van der Waals surface area (Å²) in [5.41, 5.74) is 1.77. The topological polar surface area (TPSA) is 59.2 Å². The molecule has 142 valence electrons. The Labute approximate surface area is 165 Å². The lowest BCUT2D eigenvalue weighted by Gasteiger charge is -2.15. The van der Waals surface area contributed by atoms with Gasteiger partial charge >= 0.3 is 5.91 Å². The van der Waals surface area contributed by atoms with Gasteiger partial charge in [0, 0.05) is 12.0 Å². The van der Waals surface area contributed by atoms with Crippen LogP contribution < -0.4 is 4.90 Å². The number of rotatable bonds is 7.